The summed E-state index contributed by atoms with van der Waals surface area (Å²) >= 11 is 0. The first kappa shape index (κ1) is 16.1. The molecular formula is C11H16ClF3N2. The standard InChI is InChI=1S/C11H16F3N2.ClH/c1-16(2,3)7-8-5-4-6-9(10(8)15)11(12,13)14;/h4-6H,7,15H2,1-3H3;1H/q+1;/p-1. The van der Waals surface area contributed by atoms with E-state index in [1.54, 1.807) is 6.07 Å². The molecule has 0 heterocycles. The van der Waals surface area contributed by atoms with Crippen LogP contribution in [0.3, 0.4) is 0 Å². The average molecular weight is 269 g/mol. The molecule has 17 heavy (non-hydrogen) atoms. The second kappa shape index (κ2) is 5.14. The first-order chi connectivity index (χ1) is 7.11. The molecule has 0 amide bonds. The van der Waals surface area contributed by atoms with E-state index in [4.69, 9.17) is 5.73 Å². The van der Waals surface area contributed by atoms with Gasteiger partial charge >= 0.3 is 6.18 Å². The van der Waals surface area contributed by atoms with Crippen LogP contribution in [0.15, 0.2) is 18.2 Å². The molecule has 0 fully saturated rings. The third-order valence-electron chi connectivity index (χ3n) is 2.15. The molecule has 0 saturated carbocycles. The van der Waals surface area contributed by atoms with Gasteiger partial charge in [-0.1, -0.05) is 12.1 Å². The highest BCUT2D eigenvalue weighted by molar-refractivity contribution is 5.54. The number of nitrogens with zero attached hydrogens (tertiary/aromatic N) is 1. The van der Waals surface area contributed by atoms with Crippen LogP contribution in [0.5, 0.6) is 0 Å². The molecule has 0 aliphatic carbocycles. The van der Waals surface area contributed by atoms with E-state index in [2.05, 4.69) is 0 Å². The lowest BCUT2D eigenvalue weighted by Crippen LogP contribution is -3.00. The van der Waals surface area contributed by atoms with Gasteiger partial charge in [0.1, 0.15) is 6.54 Å². The summed E-state index contributed by atoms with van der Waals surface area (Å²) in [5, 5.41) is 0. The summed E-state index contributed by atoms with van der Waals surface area (Å²) in [6.45, 7) is 0.468. The minimum absolute atomic E-state index is 0. The van der Waals surface area contributed by atoms with Gasteiger partial charge in [0.15, 0.2) is 0 Å². The molecule has 0 saturated heterocycles. The van der Waals surface area contributed by atoms with E-state index in [9.17, 15) is 13.2 Å². The Labute approximate surface area is 105 Å². The van der Waals surface area contributed by atoms with Crippen LogP contribution in [0, 0.1) is 0 Å². The van der Waals surface area contributed by atoms with Gasteiger partial charge in [0.25, 0.3) is 0 Å². The lowest BCUT2D eigenvalue weighted by atomic mass is 10.1. The molecule has 6 heteroatoms. The summed E-state index contributed by atoms with van der Waals surface area (Å²) in [6.07, 6.45) is -4.38. The van der Waals surface area contributed by atoms with Crippen LogP contribution >= 0.6 is 0 Å². The Balaban J connectivity index is 0.00000256. The number of anilines is 1. The molecule has 1 rings (SSSR count). The molecule has 0 aliphatic heterocycles. The zero-order valence-electron chi connectivity index (χ0n) is 9.98. The molecule has 1 aromatic carbocycles. The number of alkyl halides is 3. The van der Waals surface area contributed by atoms with Crippen molar-refractivity contribution < 1.29 is 30.1 Å². The minimum atomic E-state index is -4.38. The number of quaternary nitrogens is 1. The zero-order chi connectivity index (χ0) is 12.6. The van der Waals surface area contributed by atoms with Crippen LogP contribution in [0.25, 0.3) is 0 Å². The maximum absolute atomic E-state index is 12.6. The maximum Gasteiger partial charge on any atom is 0.418 e. The van der Waals surface area contributed by atoms with Crippen molar-refractivity contribution in [1.82, 2.24) is 0 Å². The Bertz CT molecular complexity index is 383. The van der Waals surface area contributed by atoms with Crippen molar-refractivity contribution in [2.45, 2.75) is 12.7 Å². The van der Waals surface area contributed by atoms with E-state index in [-0.39, 0.29) is 18.1 Å². The second-order valence-corrected chi connectivity index (χ2v) is 4.82. The van der Waals surface area contributed by atoms with Crippen LogP contribution in [0.4, 0.5) is 18.9 Å². The molecule has 0 aromatic heterocycles. The van der Waals surface area contributed by atoms with Gasteiger partial charge in [-0.2, -0.15) is 13.2 Å². The van der Waals surface area contributed by atoms with Crippen molar-refractivity contribution in [3.63, 3.8) is 0 Å². The predicted molar refractivity (Wildman–Crippen MR) is 57.6 cm³/mol. The molecule has 0 unspecified atom stereocenters. The van der Waals surface area contributed by atoms with Gasteiger partial charge < -0.3 is 22.6 Å². The Hall–Kier alpha value is -0.940. The van der Waals surface area contributed by atoms with Crippen LogP contribution < -0.4 is 18.1 Å². The van der Waals surface area contributed by atoms with Gasteiger partial charge in [-0.25, -0.2) is 0 Å². The number of benzene rings is 1. The SMILES string of the molecule is C[N+](C)(C)Cc1cccc(C(F)(F)F)c1N.[Cl-]. The van der Waals surface area contributed by atoms with Crippen LogP contribution in [-0.2, 0) is 12.7 Å². The molecule has 1 aromatic rings. The fraction of sp³-hybridized carbons (Fsp3) is 0.455. The Kier molecular flexibility index (Phi) is 4.86. The van der Waals surface area contributed by atoms with E-state index in [0.717, 1.165) is 6.07 Å². The molecule has 0 aliphatic rings. The Morgan fingerprint density at radius 1 is 1.18 bits per heavy atom. The van der Waals surface area contributed by atoms with E-state index in [1.165, 1.54) is 6.07 Å². The third-order valence-corrected chi connectivity index (χ3v) is 2.15. The van der Waals surface area contributed by atoms with Crippen LogP contribution in [0.1, 0.15) is 11.1 Å². The Morgan fingerprint density at radius 3 is 2.12 bits per heavy atom. The zero-order valence-corrected chi connectivity index (χ0v) is 10.7. The first-order valence-corrected chi connectivity index (χ1v) is 4.86. The monoisotopic (exact) mass is 268 g/mol. The molecule has 0 spiro atoms. The summed E-state index contributed by atoms with van der Waals surface area (Å²) in [7, 11) is 5.71. The number of rotatable bonds is 2. The van der Waals surface area contributed by atoms with Crippen LogP contribution in [-0.4, -0.2) is 25.6 Å². The molecule has 0 radical (unpaired) electrons. The largest absolute Gasteiger partial charge is 1.00 e. The van der Waals surface area contributed by atoms with Gasteiger partial charge in [0, 0.05) is 5.56 Å². The number of hydrogen-bond donors (Lipinski definition) is 1. The number of nitrogens with two attached hydrogens (primary N) is 1. The quantitative estimate of drug-likeness (QED) is 0.568. The van der Waals surface area contributed by atoms with Gasteiger partial charge in [0.2, 0.25) is 0 Å². The van der Waals surface area contributed by atoms with Crippen molar-refractivity contribution in [1.29, 1.82) is 0 Å². The summed E-state index contributed by atoms with van der Waals surface area (Å²) in [5.41, 5.74) is 5.16. The van der Waals surface area contributed by atoms with E-state index in [0.29, 0.717) is 16.6 Å². The minimum Gasteiger partial charge on any atom is -1.00 e. The molecular weight excluding hydrogens is 253 g/mol. The highest BCUT2D eigenvalue weighted by Gasteiger charge is 2.33. The van der Waals surface area contributed by atoms with E-state index < -0.39 is 11.7 Å². The summed E-state index contributed by atoms with van der Waals surface area (Å²) in [5.74, 6) is 0. The van der Waals surface area contributed by atoms with Gasteiger partial charge in [-0.15, -0.1) is 0 Å². The molecule has 98 valence electrons. The topological polar surface area (TPSA) is 26.0 Å². The molecule has 2 N–H and O–H groups in total. The normalized spacial score (nSPS) is 12.1. The lowest BCUT2D eigenvalue weighted by molar-refractivity contribution is -0.883. The van der Waals surface area contributed by atoms with E-state index >= 15 is 0 Å². The number of para-hydroxylation sites is 1. The predicted octanol–water partition coefficient (Wildman–Crippen LogP) is -0.502. The number of halogens is 4. The third kappa shape index (κ3) is 4.44. The van der Waals surface area contributed by atoms with Crippen molar-refractivity contribution in [3.8, 4) is 0 Å². The smallest absolute Gasteiger partial charge is 0.418 e. The Morgan fingerprint density at radius 2 is 1.71 bits per heavy atom. The number of nitrogen functional groups attached to an aromatic ring is 1. The lowest BCUT2D eigenvalue weighted by Gasteiger charge is -2.25. The highest BCUT2D eigenvalue weighted by atomic mass is 35.5. The van der Waals surface area contributed by atoms with Crippen molar-refractivity contribution >= 4 is 5.69 Å². The molecule has 2 nitrogen and oxygen atoms in total. The fourth-order valence-corrected chi connectivity index (χ4v) is 1.51. The average Bonchev–Trinajstić information content (AvgIpc) is 2.04. The van der Waals surface area contributed by atoms with Crippen LogP contribution in [0.2, 0.25) is 0 Å². The van der Waals surface area contributed by atoms with Crippen molar-refractivity contribution in [2.24, 2.45) is 0 Å². The number of hydrogen-bond acceptors (Lipinski definition) is 1. The fourth-order valence-electron chi connectivity index (χ4n) is 1.51. The van der Waals surface area contributed by atoms with Gasteiger partial charge in [0.05, 0.1) is 32.4 Å². The summed E-state index contributed by atoms with van der Waals surface area (Å²) in [4.78, 5) is 0. The van der Waals surface area contributed by atoms with Gasteiger partial charge in [-0.05, 0) is 6.07 Å². The second-order valence-electron chi connectivity index (χ2n) is 4.82. The summed E-state index contributed by atoms with van der Waals surface area (Å²) in [6, 6.07) is 4.03. The van der Waals surface area contributed by atoms with E-state index in [1.807, 2.05) is 21.1 Å². The van der Waals surface area contributed by atoms with Crippen molar-refractivity contribution in [3.05, 3.63) is 29.3 Å². The summed E-state index contributed by atoms with van der Waals surface area (Å²) < 4.78 is 38.3. The highest BCUT2D eigenvalue weighted by Crippen LogP contribution is 2.35. The van der Waals surface area contributed by atoms with Gasteiger partial charge in [-0.3, -0.25) is 0 Å². The maximum atomic E-state index is 12.6. The molecule has 0 atom stereocenters. The molecule has 0 bridgehead atoms. The first-order valence-electron chi connectivity index (χ1n) is 4.86. The van der Waals surface area contributed by atoms with Crippen molar-refractivity contribution in [2.75, 3.05) is 26.9 Å².